The molecule has 0 bridgehead atoms. The molecular formula is C19H27N. The maximum Gasteiger partial charge on any atom is 0.0387 e. The second-order valence-corrected chi connectivity index (χ2v) is 5.79. The highest BCUT2D eigenvalue weighted by atomic mass is 14.5. The quantitative estimate of drug-likeness (QED) is 0.388. The Morgan fingerprint density at radius 2 is 2.00 bits per heavy atom. The van der Waals surface area contributed by atoms with E-state index in [4.69, 9.17) is 5.73 Å². The topological polar surface area (TPSA) is 26.0 Å². The van der Waals surface area contributed by atoms with Gasteiger partial charge in [-0.2, -0.15) is 0 Å². The van der Waals surface area contributed by atoms with E-state index in [1.807, 2.05) is 24.3 Å². The number of allylic oxidation sites excluding steroid dienone is 4. The second kappa shape index (κ2) is 8.42. The first-order chi connectivity index (χ1) is 9.49. The van der Waals surface area contributed by atoms with Gasteiger partial charge in [-0.1, -0.05) is 61.1 Å². The molecular weight excluding hydrogens is 242 g/mol. The maximum atomic E-state index is 5.91. The zero-order valence-electron chi connectivity index (χ0n) is 13.0. The van der Waals surface area contributed by atoms with Crippen LogP contribution >= 0.6 is 0 Å². The van der Waals surface area contributed by atoms with E-state index in [1.165, 1.54) is 12.0 Å². The Hall–Kier alpha value is -1.76. The van der Waals surface area contributed by atoms with Crippen LogP contribution in [0, 0.1) is 5.92 Å². The number of nitrogen functional groups attached to an aromatic ring is 1. The zero-order valence-corrected chi connectivity index (χ0v) is 13.0. The van der Waals surface area contributed by atoms with Crippen molar-refractivity contribution in [3.63, 3.8) is 0 Å². The summed E-state index contributed by atoms with van der Waals surface area (Å²) in [6, 6.07) is 7.90. The molecule has 0 aromatic heterocycles. The first-order valence-electron chi connectivity index (χ1n) is 7.32. The molecule has 1 atom stereocenters. The van der Waals surface area contributed by atoms with E-state index in [0.29, 0.717) is 5.92 Å². The highest BCUT2D eigenvalue weighted by Crippen LogP contribution is 2.19. The smallest absolute Gasteiger partial charge is 0.0387 e. The number of hydrogen-bond acceptors (Lipinski definition) is 1. The van der Waals surface area contributed by atoms with Crippen molar-refractivity contribution in [1.82, 2.24) is 0 Å². The van der Waals surface area contributed by atoms with Crippen molar-refractivity contribution < 1.29 is 0 Å². The van der Waals surface area contributed by atoms with Crippen LogP contribution in [0.1, 0.15) is 45.6 Å². The van der Waals surface area contributed by atoms with Gasteiger partial charge in [0.25, 0.3) is 0 Å². The predicted octanol–water partition coefficient (Wildman–Crippen LogP) is 5.61. The van der Waals surface area contributed by atoms with Crippen molar-refractivity contribution in [2.75, 3.05) is 5.73 Å². The summed E-state index contributed by atoms with van der Waals surface area (Å²) >= 11 is 0. The Morgan fingerprint density at radius 1 is 1.30 bits per heavy atom. The van der Waals surface area contributed by atoms with Crippen LogP contribution in [0.3, 0.4) is 0 Å². The summed E-state index contributed by atoms with van der Waals surface area (Å²) in [5, 5.41) is 0. The van der Waals surface area contributed by atoms with E-state index >= 15 is 0 Å². The van der Waals surface area contributed by atoms with E-state index in [-0.39, 0.29) is 0 Å². The molecule has 1 aromatic carbocycles. The molecule has 108 valence electrons. The van der Waals surface area contributed by atoms with E-state index in [2.05, 4.69) is 45.6 Å². The minimum Gasteiger partial charge on any atom is -0.398 e. The van der Waals surface area contributed by atoms with Gasteiger partial charge in [0.2, 0.25) is 0 Å². The van der Waals surface area contributed by atoms with Crippen molar-refractivity contribution in [3.8, 4) is 0 Å². The third kappa shape index (κ3) is 6.42. The first-order valence-corrected chi connectivity index (χ1v) is 7.32. The zero-order chi connectivity index (χ0) is 15.0. The van der Waals surface area contributed by atoms with Gasteiger partial charge in [0.1, 0.15) is 0 Å². The van der Waals surface area contributed by atoms with Crippen molar-refractivity contribution in [1.29, 1.82) is 0 Å². The molecule has 0 spiro atoms. The summed E-state index contributed by atoms with van der Waals surface area (Å²) in [6.07, 6.45) is 9.86. The molecule has 0 saturated heterocycles. The van der Waals surface area contributed by atoms with Crippen LogP contribution in [0.15, 0.2) is 54.1 Å². The first kappa shape index (κ1) is 16.3. The monoisotopic (exact) mass is 269 g/mol. The van der Waals surface area contributed by atoms with E-state index in [9.17, 15) is 0 Å². The molecule has 0 radical (unpaired) electrons. The van der Waals surface area contributed by atoms with Gasteiger partial charge >= 0.3 is 0 Å². The number of para-hydroxylation sites is 1. The van der Waals surface area contributed by atoms with Crippen molar-refractivity contribution in [2.24, 2.45) is 5.92 Å². The molecule has 0 aliphatic carbocycles. The van der Waals surface area contributed by atoms with Crippen molar-refractivity contribution in [3.05, 3.63) is 59.7 Å². The minimum atomic E-state index is 0.663. The molecule has 0 amide bonds. The number of rotatable bonds is 7. The molecule has 2 N–H and O–H groups in total. The highest BCUT2D eigenvalue weighted by molar-refractivity contribution is 5.65. The molecule has 1 unspecified atom stereocenters. The van der Waals surface area contributed by atoms with Crippen LogP contribution in [0.25, 0.3) is 6.08 Å². The number of nitrogens with two attached hydrogens (primary N) is 1. The molecule has 20 heavy (non-hydrogen) atoms. The van der Waals surface area contributed by atoms with Gasteiger partial charge in [-0.05, 0) is 50.7 Å². The molecule has 0 fully saturated rings. The number of hydrogen-bond donors (Lipinski definition) is 1. The molecule has 0 aliphatic rings. The number of anilines is 1. The average Bonchev–Trinajstić information content (AvgIpc) is 2.37. The van der Waals surface area contributed by atoms with Crippen LogP contribution in [0.5, 0.6) is 0 Å². The van der Waals surface area contributed by atoms with Gasteiger partial charge in [-0.3, -0.25) is 0 Å². The van der Waals surface area contributed by atoms with Crippen LogP contribution in [-0.2, 0) is 0 Å². The Bertz CT molecular complexity index is 490. The normalized spacial score (nSPS) is 12.3. The standard InChI is InChI=1S/C19H27N/c1-15(2)8-7-9-16(3)14-17(4)12-13-18-10-5-6-11-19(18)20/h5-6,8,10-13,16H,4,7,9,14,20H2,1-3H3/b13-12+. The Kier molecular flexibility index (Phi) is 6.86. The predicted molar refractivity (Wildman–Crippen MR) is 91.5 cm³/mol. The number of benzene rings is 1. The molecule has 1 nitrogen and oxygen atoms in total. The summed E-state index contributed by atoms with van der Waals surface area (Å²) in [7, 11) is 0. The molecule has 0 aliphatic heterocycles. The Balaban J connectivity index is 2.43. The molecule has 1 rings (SSSR count). The fourth-order valence-corrected chi connectivity index (χ4v) is 2.14. The largest absolute Gasteiger partial charge is 0.398 e. The van der Waals surface area contributed by atoms with E-state index < -0.39 is 0 Å². The van der Waals surface area contributed by atoms with Gasteiger partial charge in [0, 0.05) is 5.69 Å². The minimum absolute atomic E-state index is 0.663. The lowest BCUT2D eigenvalue weighted by atomic mass is 9.96. The van der Waals surface area contributed by atoms with Crippen LogP contribution in [-0.4, -0.2) is 0 Å². The lowest BCUT2D eigenvalue weighted by Gasteiger charge is -2.10. The Labute approximate surface area is 123 Å². The third-order valence-electron chi connectivity index (χ3n) is 3.32. The molecule has 0 saturated carbocycles. The summed E-state index contributed by atoms with van der Waals surface area (Å²) in [5.41, 5.74) is 10.4. The van der Waals surface area contributed by atoms with Crippen LogP contribution in [0.4, 0.5) is 5.69 Å². The van der Waals surface area contributed by atoms with Gasteiger partial charge in [0.15, 0.2) is 0 Å². The molecule has 1 heteroatoms. The third-order valence-corrected chi connectivity index (χ3v) is 3.32. The lowest BCUT2D eigenvalue weighted by Crippen LogP contribution is -1.95. The van der Waals surface area contributed by atoms with Crippen molar-refractivity contribution >= 4 is 11.8 Å². The fraction of sp³-hybridized carbons (Fsp3) is 0.368. The summed E-state index contributed by atoms with van der Waals surface area (Å²) in [5.74, 6) is 0.663. The van der Waals surface area contributed by atoms with Crippen molar-refractivity contribution in [2.45, 2.75) is 40.0 Å². The second-order valence-electron chi connectivity index (χ2n) is 5.79. The van der Waals surface area contributed by atoms with Crippen LogP contribution in [0.2, 0.25) is 0 Å². The summed E-state index contributed by atoms with van der Waals surface area (Å²) in [4.78, 5) is 0. The van der Waals surface area contributed by atoms with Gasteiger partial charge < -0.3 is 5.73 Å². The fourth-order valence-electron chi connectivity index (χ4n) is 2.14. The summed E-state index contributed by atoms with van der Waals surface area (Å²) in [6.45, 7) is 10.7. The maximum absolute atomic E-state index is 5.91. The van der Waals surface area contributed by atoms with Gasteiger partial charge in [0.05, 0.1) is 0 Å². The van der Waals surface area contributed by atoms with E-state index in [1.54, 1.807) is 0 Å². The molecule has 0 heterocycles. The van der Waals surface area contributed by atoms with Gasteiger partial charge in [-0.25, -0.2) is 0 Å². The van der Waals surface area contributed by atoms with Gasteiger partial charge in [-0.15, -0.1) is 0 Å². The lowest BCUT2D eigenvalue weighted by molar-refractivity contribution is 0.538. The van der Waals surface area contributed by atoms with E-state index in [0.717, 1.165) is 29.7 Å². The van der Waals surface area contributed by atoms with Crippen LogP contribution < -0.4 is 5.73 Å². The summed E-state index contributed by atoms with van der Waals surface area (Å²) < 4.78 is 0. The Morgan fingerprint density at radius 3 is 2.65 bits per heavy atom. The highest BCUT2D eigenvalue weighted by Gasteiger charge is 2.02. The SMILES string of the molecule is C=C(/C=C/c1ccccc1N)CC(C)CCC=C(C)C. The molecule has 1 aromatic rings. The average molecular weight is 269 g/mol.